The van der Waals surface area contributed by atoms with Gasteiger partial charge in [-0.15, -0.1) is 0 Å². The Bertz CT molecular complexity index is 601. The summed E-state index contributed by atoms with van der Waals surface area (Å²) in [6, 6.07) is 3.46. The molecule has 6 heteroatoms. The fourth-order valence-corrected chi connectivity index (χ4v) is 2.63. The number of nitrogens with zero attached hydrogens (tertiary/aromatic N) is 3. The Morgan fingerprint density at radius 2 is 2.16 bits per heavy atom. The molecule has 2 aromatic rings. The van der Waals surface area contributed by atoms with Gasteiger partial charge in [0.1, 0.15) is 5.82 Å². The molecule has 0 saturated heterocycles. The lowest BCUT2D eigenvalue weighted by Crippen LogP contribution is -2.31. The molecule has 1 amide bonds. The highest BCUT2D eigenvalue weighted by Gasteiger charge is 2.33. The van der Waals surface area contributed by atoms with Crippen molar-refractivity contribution < 1.29 is 9.90 Å². The smallest absolute Gasteiger partial charge is 0.228 e. The molecular formula is C13H16N4O2. The molecular weight excluding hydrogens is 244 g/mol. The number of hydrogen-bond donors (Lipinski definition) is 2. The number of aliphatic hydroxyl groups is 1. The van der Waals surface area contributed by atoms with Crippen molar-refractivity contribution in [1.29, 1.82) is 0 Å². The second kappa shape index (κ2) is 4.62. The molecule has 0 aliphatic heterocycles. The molecule has 0 unspecified atom stereocenters. The van der Waals surface area contributed by atoms with Gasteiger partial charge in [0.2, 0.25) is 5.91 Å². The monoisotopic (exact) mass is 260 g/mol. The van der Waals surface area contributed by atoms with E-state index in [1.54, 1.807) is 29.0 Å². The Kier molecular flexibility index (Phi) is 2.94. The second-order valence-corrected chi connectivity index (χ2v) is 5.09. The Morgan fingerprint density at radius 1 is 1.37 bits per heavy atom. The quantitative estimate of drug-likeness (QED) is 0.873. The topological polar surface area (TPSA) is 79.5 Å². The maximum Gasteiger partial charge on any atom is 0.228 e. The third-order valence-electron chi connectivity index (χ3n) is 3.58. The van der Waals surface area contributed by atoms with Gasteiger partial charge in [0.25, 0.3) is 0 Å². The van der Waals surface area contributed by atoms with Crippen molar-refractivity contribution in [2.75, 3.05) is 5.32 Å². The highest BCUT2D eigenvalue weighted by Crippen LogP contribution is 2.32. The van der Waals surface area contributed by atoms with Crippen LogP contribution in [-0.2, 0) is 4.79 Å². The Labute approximate surface area is 110 Å². The first-order valence-corrected chi connectivity index (χ1v) is 6.47. The first kappa shape index (κ1) is 12.1. The van der Waals surface area contributed by atoms with E-state index in [0.29, 0.717) is 24.3 Å². The van der Waals surface area contributed by atoms with E-state index in [4.69, 9.17) is 0 Å². The molecule has 19 heavy (non-hydrogen) atoms. The first-order chi connectivity index (χ1) is 9.16. The van der Waals surface area contributed by atoms with Gasteiger partial charge in [0.05, 0.1) is 18.2 Å². The molecule has 0 bridgehead atoms. The zero-order valence-corrected chi connectivity index (χ0v) is 10.5. The molecule has 0 aromatic carbocycles. The predicted octanol–water partition coefficient (Wildman–Crippen LogP) is 1.36. The van der Waals surface area contributed by atoms with Gasteiger partial charge < -0.3 is 10.4 Å². The van der Waals surface area contributed by atoms with Crippen LogP contribution in [0.5, 0.6) is 0 Å². The van der Waals surface area contributed by atoms with Crippen LogP contribution in [0.2, 0.25) is 0 Å². The van der Waals surface area contributed by atoms with Gasteiger partial charge in [-0.05, 0) is 18.9 Å². The number of aromatic nitrogens is 3. The normalized spacial score (nSPS) is 17.7. The lowest BCUT2D eigenvalue weighted by atomic mass is 9.98. The molecule has 1 saturated carbocycles. The minimum Gasteiger partial charge on any atom is -0.389 e. The fourth-order valence-electron chi connectivity index (χ4n) is 2.63. The Balaban J connectivity index is 1.74. The van der Waals surface area contributed by atoms with Gasteiger partial charge in [-0.2, -0.15) is 9.61 Å². The van der Waals surface area contributed by atoms with Crippen molar-refractivity contribution in [2.24, 2.45) is 0 Å². The van der Waals surface area contributed by atoms with Crippen molar-refractivity contribution >= 4 is 17.4 Å². The maximum absolute atomic E-state index is 12.0. The average molecular weight is 260 g/mol. The summed E-state index contributed by atoms with van der Waals surface area (Å²) in [4.78, 5) is 16.1. The summed E-state index contributed by atoms with van der Waals surface area (Å²) in [6.07, 6.45) is 6.77. The number of rotatable bonds is 3. The molecule has 1 aliphatic carbocycles. The van der Waals surface area contributed by atoms with Crippen molar-refractivity contribution in [2.45, 2.75) is 37.7 Å². The van der Waals surface area contributed by atoms with Crippen molar-refractivity contribution in [3.8, 4) is 0 Å². The summed E-state index contributed by atoms with van der Waals surface area (Å²) in [5.41, 5.74) is -0.155. The van der Waals surface area contributed by atoms with E-state index >= 15 is 0 Å². The van der Waals surface area contributed by atoms with Crippen molar-refractivity contribution in [3.05, 3.63) is 24.5 Å². The van der Waals surface area contributed by atoms with Gasteiger partial charge in [-0.3, -0.25) is 4.79 Å². The molecule has 2 heterocycles. The molecule has 6 nitrogen and oxygen atoms in total. The van der Waals surface area contributed by atoms with Crippen LogP contribution in [0.4, 0.5) is 5.82 Å². The van der Waals surface area contributed by atoms with Crippen LogP contribution in [0.25, 0.3) is 5.65 Å². The summed E-state index contributed by atoms with van der Waals surface area (Å²) in [6.45, 7) is 0. The fraction of sp³-hybridized carbons (Fsp3) is 0.462. The average Bonchev–Trinajstić information content (AvgIpc) is 2.98. The molecule has 0 radical (unpaired) electrons. The number of anilines is 1. The highest BCUT2D eigenvalue weighted by atomic mass is 16.3. The van der Waals surface area contributed by atoms with Crippen LogP contribution in [0.1, 0.15) is 32.1 Å². The minimum atomic E-state index is -0.833. The van der Waals surface area contributed by atoms with E-state index in [2.05, 4.69) is 15.4 Å². The minimum absolute atomic E-state index is 0.137. The summed E-state index contributed by atoms with van der Waals surface area (Å²) in [5.74, 6) is 0.383. The second-order valence-electron chi connectivity index (χ2n) is 5.09. The number of fused-ring (bicyclic) bond motifs is 1. The van der Waals surface area contributed by atoms with Gasteiger partial charge in [0, 0.05) is 12.3 Å². The largest absolute Gasteiger partial charge is 0.389 e. The summed E-state index contributed by atoms with van der Waals surface area (Å²) in [7, 11) is 0. The zero-order chi connectivity index (χ0) is 13.3. The lowest BCUT2D eigenvalue weighted by molar-refractivity contribution is -0.120. The molecule has 3 rings (SSSR count). The van der Waals surface area contributed by atoms with Crippen LogP contribution >= 0.6 is 0 Å². The molecule has 0 spiro atoms. The first-order valence-electron chi connectivity index (χ1n) is 6.47. The Hall–Kier alpha value is -1.95. The number of nitrogens with one attached hydrogen (secondary N) is 1. The number of amides is 1. The van der Waals surface area contributed by atoms with Crippen molar-refractivity contribution in [1.82, 2.24) is 14.6 Å². The van der Waals surface area contributed by atoms with E-state index in [1.165, 1.54) is 0 Å². The van der Waals surface area contributed by atoms with Crippen LogP contribution in [0, 0.1) is 0 Å². The molecule has 1 aliphatic rings. The van der Waals surface area contributed by atoms with Gasteiger partial charge in [0.15, 0.2) is 5.65 Å². The number of hydrogen-bond acceptors (Lipinski definition) is 4. The summed E-state index contributed by atoms with van der Waals surface area (Å²) < 4.78 is 1.57. The van der Waals surface area contributed by atoms with E-state index in [-0.39, 0.29) is 12.3 Å². The highest BCUT2D eigenvalue weighted by molar-refractivity contribution is 5.90. The van der Waals surface area contributed by atoms with E-state index in [1.807, 2.05) is 0 Å². The molecule has 100 valence electrons. The number of carbonyl (C=O) groups excluding carboxylic acids is 1. The molecule has 1 fully saturated rings. The van der Waals surface area contributed by atoms with E-state index < -0.39 is 5.60 Å². The zero-order valence-electron chi connectivity index (χ0n) is 10.5. The van der Waals surface area contributed by atoms with Gasteiger partial charge >= 0.3 is 0 Å². The maximum atomic E-state index is 12.0. The molecule has 0 atom stereocenters. The third kappa shape index (κ3) is 2.44. The predicted molar refractivity (Wildman–Crippen MR) is 69.7 cm³/mol. The lowest BCUT2D eigenvalue weighted by Gasteiger charge is -2.21. The summed E-state index contributed by atoms with van der Waals surface area (Å²) >= 11 is 0. The molecule has 2 aromatic heterocycles. The van der Waals surface area contributed by atoms with Crippen LogP contribution in [0.3, 0.4) is 0 Å². The van der Waals surface area contributed by atoms with Crippen molar-refractivity contribution in [3.63, 3.8) is 0 Å². The number of carbonyl (C=O) groups is 1. The summed E-state index contributed by atoms with van der Waals surface area (Å²) in [5, 5.41) is 17.1. The van der Waals surface area contributed by atoms with Gasteiger partial charge in [-0.25, -0.2) is 4.98 Å². The third-order valence-corrected chi connectivity index (χ3v) is 3.58. The van der Waals surface area contributed by atoms with Crippen LogP contribution in [-0.4, -0.2) is 31.2 Å². The van der Waals surface area contributed by atoms with E-state index in [9.17, 15) is 9.90 Å². The molecule has 2 N–H and O–H groups in total. The van der Waals surface area contributed by atoms with E-state index in [0.717, 1.165) is 12.8 Å². The Morgan fingerprint density at radius 3 is 2.95 bits per heavy atom. The standard InChI is InChI=1S/C13H16N4O2/c18-12(9-13(19)5-1-2-6-13)16-11-3-7-14-10-4-8-15-17(10)11/h3-4,7-8,19H,1-2,5-6,9H2,(H,16,18). The van der Waals surface area contributed by atoms with Gasteiger partial charge in [-0.1, -0.05) is 12.8 Å². The SMILES string of the molecule is O=C(CC1(O)CCCC1)Nc1ccnc2ccnn12. The van der Waals surface area contributed by atoms with Crippen LogP contribution < -0.4 is 5.32 Å². The van der Waals surface area contributed by atoms with Crippen LogP contribution in [0.15, 0.2) is 24.5 Å².